The summed E-state index contributed by atoms with van der Waals surface area (Å²) in [5.41, 5.74) is 5.37. The van der Waals surface area contributed by atoms with Crippen molar-refractivity contribution in [2.45, 2.75) is 25.7 Å². The van der Waals surface area contributed by atoms with Crippen LogP contribution < -0.4 is 0 Å². The standard InChI is InChI=1S/C20H16FN3O/c21-16-9-11(25)5-6-14(16)20-13-4-2-1-3-12(13)19-15-10-22-24-17(15)7-8-18(19)23-20/h5-10,25H,1-4H2,(H,22,24). The summed E-state index contributed by atoms with van der Waals surface area (Å²) in [4.78, 5) is 4.82. The molecule has 1 aliphatic carbocycles. The van der Waals surface area contributed by atoms with Gasteiger partial charge in [-0.1, -0.05) is 0 Å². The number of aromatic hydroxyl groups is 1. The Kier molecular flexibility index (Phi) is 3.04. The first kappa shape index (κ1) is 14.4. The first-order chi connectivity index (χ1) is 12.2. The molecular formula is C20H16FN3O. The average Bonchev–Trinajstić information content (AvgIpc) is 3.10. The monoisotopic (exact) mass is 333 g/mol. The number of fused-ring (bicyclic) bond motifs is 5. The Morgan fingerprint density at radius 2 is 1.88 bits per heavy atom. The SMILES string of the molecule is Oc1ccc(-c2nc3ccc4[nH]ncc4c3c3c2CCCC3)c(F)c1. The third kappa shape index (κ3) is 2.12. The van der Waals surface area contributed by atoms with Crippen LogP contribution in [-0.4, -0.2) is 20.3 Å². The van der Waals surface area contributed by atoms with Gasteiger partial charge in [-0.15, -0.1) is 0 Å². The third-order valence-electron chi connectivity index (χ3n) is 5.10. The minimum Gasteiger partial charge on any atom is -0.508 e. The van der Waals surface area contributed by atoms with E-state index in [1.54, 1.807) is 6.07 Å². The number of aromatic nitrogens is 3. The van der Waals surface area contributed by atoms with Gasteiger partial charge in [0.2, 0.25) is 0 Å². The van der Waals surface area contributed by atoms with E-state index in [9.17, 15) is 9.50 Å². The lowest BCUT2D eigenvalue weighted by Gasteiger charge is -2.22. The molecule has 0 aliphatic heterocycles. The van der Waals surface area contributed by atoms with E-state index in [-0.39, 0.29) is 5.75 Å². The summed E-state index contributed by atoms with van der Waals surface area (Å²) in [5.74, 6) is -0.514. The van der Waals surface area contributed by atoms with E-state index < -0.39 is 5.82 Å². The molecule has 2 heterocycles. The summed E-state index contributed by atoms with van der Waals surface area (Å²) in [6.07, 6.45) is 5.90. The van der Waals surface area contributed by atoms with Crippen LogP contribution in [0.1, 0.15) is 24.0 Å². The molecule has 0 spiro atoms. The number of H-pyrrole nitrogens is 1. The summed E-state index contributed by atoms with van der Waals surface area (Å²) in [6.45, 7) is 0. The molecule has 4 aromatic rings. The first-order valence-corrected chi connectivity index (χ1v) is 8.49. The summed E-state index contributed by atoms with van der Waals surface area (Å²) >= 11 is 0. The number of phenols is 1. The largest absolute Gasteiger partial charge is 0.508 e. The highest BCUT2D eigenvalue weighted by Gasteiger charge is 2.22. The maximum absolute atomic E-state index is 14.5. The Morgan fingerprint density at radius 1 is 1.04 bits per heavy atom. The zero-order chi connectivity index (χ0) is 17.0. The highest BCUT2D eigenvalue weighted by Crippen LogP contribution is 2.38. The third-order valence-corrected chi connectivity index (χ3v) is 5.10. The molecule has 5 heteroatoms. The van der Waals surface area contributed by atoms with Crippen LogP contribution in [0.5, 0.6) is 5.75 Å². The van der Waals surface area contributed by atoms with Crippen LogP contribution in [0.2, 0.25) is 0 Å². The van der Waals surface area contributed by atoms with Crippen LogP contribution in [0, 0.1) is 5.82 Å². The van der Waals surface area contributed by atoms with Crippen molar-refractivity contribution in [1.82, 2.24) is 15.2 Å². The van der Waals surface area contributed by atoms with E-state index in [1.165, 1.54) is 11.6 Å². The zero-order valence-electron chi connectivity index (χ0n) is 13.5. The van der Waals surface area contributed by atoms with Gasteiger partial charge in [0.25, 0.3) is 0 Å². The fraction of sp³-hybridized carbons (Fsp3) is 0.200. The number of nitrogens with zero attached hydrogens (tertiary/aromatic N) is 2. The maximum atomic E-state index is 14.5. The minimum absolute atomic E-state index is 0.0731. The van der Waals surface area contributed by atoms with E-state index in [4.69, 9.17) is 4.98 Å². The molecule has 5 rings (SSSR count). The van der Waals surface area contributed by atoms with Gasteiger partial charge in [0.15, 0.2) is 0 Å². The van der Waals surface area contributed by atoms with Crippen LogP contribution in [0.15, 0.2) is 36.5 Å². The average molecular weight is 333 g/mol. The van der Waals surface area contributed by atoms with E-state index >= 15 is 0 Å². The number of halogens is 1. The van der Waals surface area contributed by atoms with Gasteiger partial charge in [0, 0.05) is 22.4 Å². The maximum Gasteiger partial charge on any atom is 0.136 e. The molecule has 0 bridgehead atoms. The van der Waals surface area contributed by atoms with Gasteiger partial charge in [-0.05, 0) is 61.1 Å². The summed E-state index contributed by atoms with van der Waals surface area (Å²) in [6, 6.07) is 8.20. The minimum atomic E-state index is -0.441. The lowest BCUT2D eigenvalue weighted by molar-refractivity contribution is 0.469. The number of hydrogen-bond acceptors (Lipinski definition) is 3. The molecular weight excluding hydrogens is 317 g/mol. The summed E-state index contributed by atoms with van der Waals surface area (Å²) in [5, 5.41) is 18.9. The van der Waals surface area contributed by atoms with Gasteiger partial charge in [-0.2, -0.15) is 5.10 Å². The van der Waals surface area contributed by atoms with Gasteiger partial charge < -0.3 is 5.11 Å². The van der Waals surface area contributed by atoms with Crippen molar-refractivity contribution >= 4 is 21.8 Å². The van der Waals surface area contributed by atoms with Crippen molar-refractivity contribution in [2.24, 2.45) is 0 Å². The van der Waals surface area contributed by atoms with Crippen LogP contribution in [-0.2, 0) is 12.8 Å². The first-order valence-electron chi connectivity index (χ1n) is 8.49. The number of hydrogen-bond donors (Lipinski definition) is 2. The topological polar surface area (TPSA) is 61.8 Å². The number of nitrogens with one attached hydrogen (secondary N) is 1. The molecule has 0 unspecified atom stereocenters. The van der Waals surface area contributed by atoms with E-state index in [0.29, 0.717) is 11.3 Å². The Balaban J connectivity index is 1.90. The number of pyridine rings is 1. The molecule has 2 aromatic heterocycles. The van der Waals surface area contributed by atoms with Crippen molar-refractivity contribution < 1.29 is 9.50 Å². The number of rotatable bonds is 1. The highest BCUT2D eigenvalue weighted by atomic mass is 19.1. The fourth-order valence-corrected chi connectivity index (χ4v) is 3.97. The van der Waals surface area contributed by atoms with Gasteiger partial charge in [-0.3, -0.25) is 5.10 Å². The van der Waals surface area contributed by atoms with Crippen LogP contribution >= 0.6 is 0 Å². The number of benzene rings is 2. The molecule has 124 valence electrons. The predicted octanol–water partition coefficient (Wildman–Crippen LogP) is 4.50. The van der Waals surface area contributed by atoms with E-state index in [1.807, 2.05) is 18.3 Å². The van der Waals surface area contributed by atoms with Crippen LogP contribution in [0.4, 0.5) is 4.39 Å². The second-order valence-electron chi connectivity index (χ2n) is 6.58. The molecule has 0 saturated carbocycles. The Hall–Kier alpha value is -2.95. The van der Waals surface area contributed by atoms with Gasteiger partial charge in [-0.25, -0.2) is 9.37 Å². The van der Waals surface area contributed by atoms with Gasteiger partial charge >= 0.3 is 0 Å². The second kappa shape index (κ2) is 5.28. The molecule has 0 saturated heterocycles. The van der Waals surface area contributed by atoms with Crippen molar-refractivity contribution in [1.29, 1.82) is 0 Å². The highest BCUT2D eigenvalue weighted by molar-refractivity contribution is 6.07. The number of aryl methyl sites for hydroxylation is 1. The number of aromatic amines is 1. The van der Waals surface area contributed by atoms with E-state index in [2.05, 4.69) is 10.2 Å². The molecule has 0 fully saturated rings. The smallest absolute Gasteiger partial charge is 0.136 e. The fourth-order valence-electron chi connectivity index (χ4n) is 3.97. The molecule has 0 amide bonds. The molecule has 2 aromatic carbocycles. The summed E-state index contributed by atoms with van der Waals surface area (Å²) < 4.78 is 14.5. The predicted molar refractivity (Wildman–Crippen MR) is 95.1 cm³/mol. The van der Waals surface area contributed by atoms with E-state index in [0.717, 1.165) is 59.1 Å². The lowest BCUT2D eigenvalue weighted by Crippen LogP contribution is -2.08. The molecule has 25 heavy (non-hydrogen) atoms. The van der Waals surface area contributed by atoms with Crippen LogP contribution in [0.3, 0.4) is 0 Å². The molecule has 0 radical (unpaired) electrons. The van der Waals surface area contributed by atoms with Crippen molar-refractivity contribution in [2.75, 3.05) is 0 Å². The number of phenolic OH excluding ortho intramolecular Hbond substituents is 1. The Labute approximate surface area is 143 Å². The molecule has 1 aliphatic rings. The van der Waals surface area contributed by atoms with Crippen molar-refractivity contribution in [3.63, 3.8) is 0 Å². The zero-order valence-corrected chi connectivity index (χ0v) is 13.5. The molecule has 2 N–H and O–H groups in total. The van der Waals surface area contributed by atoms with Crippen LogP contribution in [0.25, 0.3) is 33.1 Å². The Bertz CT molecular complexity index is 1130. The van der Waals surface area contributed by atoms with Crippen molar-refractivity contribution in [3.8, 4) is 17.0 Å². The summed E-state index contributed by atoms with van der Waals surface area (Å²) in [7, 11) is 0. The lowest BCUT2D eigenvalue weighted by atomic mass is 9.85. The Morgan fingerprint density at radius 3 is 2.72 bits per heavy atom. The molecule has 0 atom stereocenters. The van der Waals surface area contributed by atoms with Gasteiger partial charge in [0.1, 0.15) is 11.6 Å². The second-order valence-corrected chi connectivity index (χ2v) is 6.58. The molecule has 4 nitrogen and oxygen atoms in total. The van der Waals surface area contributed by atoms with Gasteiger partial charge in [0.05, 0.1) is 22.9 Å². The van der Waals surface area contributed by atoms with Crippen molar-refractivity contribution in [3.05, 3.63) is 53.5 Å². The quantitative estimate of drug-likeness (QED) is 0.539. The normalized spacial score (nSPS) is 14.1.